The molecule has 4 nitrogen and oxygen atoms in total. The Balaban J connectivity index is 1.72. The molecule has 0 radical (unpaired) electrons. The van der Waals surface area contributed by atoms with E-state index >= 15 is 0 Å². The number of hydroxylamine groups is 1. The monoisotopic (exact) mass is 545 g/mol. The molecular weight excluding hydrogens is 514 g/mol. The molecule has 0 atom stereocenters. The molecule has 0 saturated carbocycles. The maximum absolute atomic E-state index is 12.7. The summed E-state index contributed by atoms with van der Waals surface area (Å²) < 4.78 is 50.0. The lowest BCUT2D eigenvalue weighted by Gasteiger charge is -2.17. The minimum Gasteiger partial charge on any atom is -0.493 e. The average molecular weight is 546 g/mol. The van der Waals surface area contributed by atoms with Crippen molar-refractivity contribution < 1.29 is 27.5 Å². The number of halogens is 5. The first-order valence-corrected chi connectivity index (χ1v) is 12.6. The Hall–Kier alpha value is -2.35. The van der Waals surface area contributed by atoms with Gasteiger partial charge in [0.25, 0.3) is 0 Å². The molecule has 0 unspecified atom stereocenters. The summed E-state index contributed by atoms with van der Waals surface area (Å²) in [5, 5.41) is 0. The van der Waals surface area contributed by atoms with Crippen molar-refractivity contribution in [1.29, 1.82) is 0 Å². The van der Waals surface area contributed by atoms with Gasteiger partial charge in [-0.25, -0.2) is 0 Å². The van der Waals surface area contributed by atoms with Crippen LogP contribution >= 0.6 is 23.2 Å². The Morgan fingerprint density at radius 3 is 2.11 bits per heavy atom. The van der Waals surface area contributed by atoms with Gasteiger partial charge in [-0.05, 0) is 79.1 Å². The van der Waals surface area contributed by atoms with E-state index in [1.807, 2.05) is 12.1 Å². The van der Waals surface area contributed by atoms with Crippen molar-refractivity contribution >= 4 is 28.9 Å². The number of aryl methyl sites for hydroxylation is 2. The fourth-order valence-corrected chi connectivity index (χ4v) is 3.53. The van der Waals surface area contributed by atoms with Crippen LogP contribution in [-0.2, 0) is 23.9 Å². The van der Waals surface area contributed by atoms with Crippen molar-refractivity contribution in [2.45, 2.75) is 52.1 Å². The molecule has 36 heavy (non-hydrogen) atoms. The normalized spacial score (nSPS) is 11.2. The SMILES string of the molecule is C=C(NOCCCCCOc1c(CC)cc(OCC=C(Cl)Cl)cc1CC)c1ccc(C(F)(F)F)cc1. The average Bonchev–Trinajstić information content (AvgIpc) is 2.84. The highest BCUT2D eigenvalue weighted by Gasteiger charge is 2.30. The third kappa shape index (κ3) is 9.96. The van der Waals surface area contributed by atoms with Crippen LogP contribution < -0.4 is 15.0 Å². The second-order valence-corrected chi connectivity index (χ2v) is 9.00. The fourth-order valence-electron chi connectivity index (χ4n) is 3.40. The van der Waals surface area contributed by atoms with Gasteiger partial charge in [0.1, 0.15) is 22.6 Å². The molecule has 1 N–H and O–H groups in total. The minimum absolute atomic E-state index is 0.173. The maximum atomic E-state index is 12.7. The molecule has 198 valence electrons. The first-order chi connectivity index (χ1) is 17.2. The summed E-state index contributed by atoms with van der Waals surface area (Å²) in [6.45, 7) is 9.26. The van der Waals surface area contributed by atoms with Gasteiger partial charge in [-0.1, -0.05) is 55.8 Å². The summed E-state index contributed by atoms with van der Waals surface area (Å²) in [4.78, 5) is 5.40. The van der Waals surface area contributed by atoms with Gasteiger partial charge >= 0.3 is 6.18 Å². The van der Waals surface area contributed by atoms with Gasteiger partial charge in [-0.15, -0.1) is 0 Å². The number of rotatable bonds is 15. The largest absolute Gasteiger partial charge is 0.493 e. The summed E-state index contributed by atoms with van der Waals surface area (Å²) in [7, 11) is 0. The Kier molecular flexibility index (Phi) is 12.5. The third-order valence-electron chi connectivity index (χ3n) is 5.36. The third-order valence-corrected chi connectivity index (χ3v) is 5.67. The molecule has 0 fully saturated rings. The van der Waals surface area contributed by atoms with Crippen LogP contribution in [0.15, 0.2) is 53.5 Å². The molecule has 0 saturated heterocycles. The van der Waals surface area contributed by atoms with Crippen molar-refractivity contribution in [2.75, 3.05) is 19.8 Å². The maximum Gasteiger partial charge on any atom is 0.416 e. The lowest BCUT2D eigenvalue weighted by atomic mass is 10.0. The Bertz CT molecular complexity index is 979. The van der Waals surface area contributed by atoms with E-state index in [-0.39, 0.29) is 4.49 Å². The molecule has 0 aliphatic carbocycles. The van der Waals surface area contributed by atoms with Gasteiger partial charge in [0.2, 0.25) is 0 Å². The number of hydrogen-bond donors (Lipinski definition) is 1. The number of unbranched alkanes of at least 4 members (excludes halogenated alkanes) is 2. The number of nitrogens with one attached hydrogen (secondary N) is 1. The first kappa shape index (κ1) is 29.9. The molecule has 9 heteroatoms. The number of ether oxygens (including phenoxy) is 2. The standard InChI is InChI=1S/C27H32Cl2F3NO3/c1-4-20-17-24(34-16-13-25(28)29)18-21(5-2)26(20)35-14-7-6-8-15-36-33-19(3)22-9-11-23(12-10-22)27(30,31)32/h9-13,17-18,33H,3-8,14-16H2,1-2H3. The molecule has 0 heterocycles. The first-order valence-electron chi connectivity index (χ1n) is 11.8. The van der Waals surface area contributed by atoms with E-state index in [9.17, 15) is 13.2 Å². The summed E-state index contributed by atoms with van der Waals surface area (Å²) in [6, 6.07) is 8.72. The van der Waals surface area contributed by atoms with Gasteiger partial charge in [0, 0.05) is 0 Å². The second kappa shape index (κ2) is 15.0. The highest BCUT2D eigenvalue weighted by Crippen LogP contribution is 2.31. The molecule has 0 aromatic heterocycles. The van der Waals surface area contributed by atoms with Crippen molar-refractivity contribution in [1.82, 2.24) is 5.48 Å². The van der Waals surface area contributed by atoms with Gasteiger partial charge in [0.05, 0.1) is 24.5 Å². The van der Waals surface area contributed by atoms with Gasteiger partial charge in [0.15, 0.2) is 0 Å². The molecule has 0 aliphatic rings. The molecular formula is C27H32Cl2F3NO3. The van der Waals surface area contributed by atoms with E-state index in [2.05, 4.69) is 25.9 Å². The lowest BCUT2D eigenvalue weighted by Crippen LogP contribution is -2.14. The number of alkyl halides is 3. The van der Waals surface area contributed by atoms with Crippen LogP contribution in [0.2, 0.25) is 0 Å². The van der Waals surface area contributed by atoms with Crippen LogP contribution in [0, 0.1) is 0 Å². The molecule has 2 rings (SSSR count). The predicted molar refractivity (Wildman–Crippen MR) is 139 cm³/mol. The molecule has 0 amide bonds. The van der Waals surface area contributed by atoms with E-state index < -0.39 is 11.7 Å². The van der Waals surface area contributed by atoms with Crippen LogP contribution in [0.1, 0.15) is 55.4 Å². The fraction of sp³-hybridized carbons (Fsp3) is 0.407. The van der Waals surface area contributed by atoms with E-state index in [0.29, 0.717) is 31.1 Å². The second-order valence-electron chi connectivity index (χ2n) is 8.00. The molecule has 0 bridgehead atoms. The lowest BCUT2D eigenvalue weighted by molar-refractivity contribution is -0.137. The molecule has 0 spiro atoms. The van der Waals surface area contributed by atoms with Crippen LogP contribution in [0.4, 0.5) is 13.2 Å². The van der Waals surface area contributed by atoms with Crippen molar-refractivity contribution in [3.63, 3.8) is 0 Å². The Morgan fingerprint density at radius 2 is 1.56 bits per heavy atom. The summed E-state index contributed by atoms with van der Waals surface area (Å²) in [6.07, 6.45) is 1.40. The smallest absolute Gasteiger partial charge is 0.416 e. The summed E-state index contributed by atoms with van der Waals surface area (Å²) in [5.41, 5.74) is 5.09. The topological polar surface area (TPSA) is 39.7 Å². The van der Waals surface area contributed by atoms with E-state index in [0.717, 1.165) is 66.9 Å². The minimum atomic E-state index is -4.36. The zero-order chi connectivity index (χ0) is 26.6. The van der Waals surface area contributed by atoms with Gasteiger partial charge < -0.3 is 9.47 Å². The van der Waals surface area contributed by atoms with Crippen LogP contribution in [0.25, 0.3) is 5.70 Å². The van der Waals surface area contributed by atoms with Crippen LogP contribution in [-0.4, -0.2) is 19.8 Å². The molecule has 2 aromatic rings. The van der Waals surface area contributed by atoms with Crippen molar-refractivity contribution in [3.05, 3.63) is 75.8 Å². The highest BCUT2D eigenvalue weighted by molar-refractivity contribution is 6.55. The zero-order valence-electron chi connectivity index (χ0n) is 20.5. The predicted octanol–water partition coefficient (Wildman–Crippen LogP) is 8.27. The Labute approximate surface area is 221 Å². The quantitative estimate of drug-likeness (QED) is 0.180. The number of benzene rings is 2. The molecule has 0 aliphatic heterocycles. The summed E-state index contributed by atoms with van der Waals surface area (Å²) in [5.74, 6) is 1.66. The number of hydrogen-bond acceptors (Lipinski definition) is 4. The van der Waals surface area contributed by atoms with E-state index in [1.54, 1.807) is 6.08 Å². The summed E-state index contributed by atoms with van der Waals surface area (Å²) >= 11 is 11.3. The Morgan fingerprint density at radius 1 is 0.944 bits per heavy atom. The zero-order valence-corrected chi connectivity index (χ0v) is 22.0. The van der Waals surface area contributed by atoms with Crippen molar-refractivity contribution in [3.8, 4) is 11.5 Å². The van der Waals surface area contributed by atoms with E-state index in [1.165, 1.54) is 12.1 Å². The van der Waals surface area contributed by atoms with E-state index in [4.69, 9.17) is 37.5 Å². The highest BCUT2D eigenvalue weighted by atomic mass is 35.5. The van der Waals surface area contributed by atoms with Gasteiger partial charge in [-0.2, -0.15) is 13.2 Å². The van der Waals surface area contributed by atoms with Crippen LogP contribution in [0.3, 0.4) is 0 Å². The van der Waals surface area contributed by atoms with Gasteiger partial charge in [-0.3, -0.25) is 10.3 Å². The molecule has 2 aromatic carbocycles. The van der Waals surface area contributed by atoms with Crippen molar-refractivity contribution in [2.24, 2.45) is 0 Å². The van der Waals surface area contributed by atoms with Crippen LogP contribution in [0.5, 0.6) is 11.5 Å².